The van der Waals surface area contributed by atoms with Gasteiger partial charge >= 0.3 is 0 Å². The van der Waals surface area contributed by atoms with Crippen molar-refractivity contribution < 1.29 is 14.6 Å². The number of rotatable bonds is 9. The van der Waals surface area contributed by atoms with Crippen LogP contribution in [0.5, 0.6) is 0 Å². The first kappa shape index (κ1) is 25.5. The van der Waals surface area contributed by atoms with Crippen LogP contribution in [0.25, 0.3) is 0 Å². The van der Waals surface area contributed by atoms with Gasteiger partial charge in [-0.25, -0.2) is 9.97 Å². The van der Waals surface area contributed by atoms with Gasteiger partial charge in [-0.3, -0.25) is 9.69 Å². The van der Waals surface area contributed by atoms with Gasteiger partial charge in [0.1, 0.15) is 11.6 Å². The number of nitrogens with one attached hydrogen (secondary N) is 1. The third kappa shape index (κ3) is 6.97. The number of aromatic nitrogens is 2. The lowest BCUT2D eigenvalue weighted by Gasteiger charge is -2.36. The lowest BCUT2D eigenvalue weighted by Crippen LogP contribution is -2.51. The summed E-state index contributed by atoms with van der Waals surface area (Å²) >= 11 is 1.51. The highest BCUT2D eigenvalue weighted by Gasteiger charge is 2.23. The Morgan fingerprint density at radius 3 is 2.46 bits per heavy atom. The van der Waals surface area contributed by atoms with Crippen LogP contribution < -0.4 is 15.1 Å². The highest BCUT2D eigenvalue weighted by Crippen LogP contribution is 2.25. The minimum absolute atomic E-state index is 0.0530. The molecule has 0 atom stereocenters. The van der Waals surface area contributed by atoms with Crippen molar-refractivity contribution in [2.45, 2.75) is 5.16 Å². The predicted molar refractivity (Wildman–Crippen MR) is 140 cm³/mol. The Kier molecular flexibility index (Phi) is 9.02. The molecule has 3 heterocycles. The molecule has 2 aliphatic rings. The third-order valence-corrected chi connectivity index (χ3v) is 6.78. The van der Waals surface area contributed by atoms with Crippen molar-refractivity contribution in [1.29, 1.82) is 0 Å². The molecule has 2 saturated heterocycles. The van der Waals surface area contributed by atoms with Crippen LogP contribution in [0, 0.1) is 0 Å². The summed E-state index contributed by atoms with van der Waals surface area (Å²) in [6, 6.07) is 10.4. The minimum atomic E-state index is 0.0530. The highest BCUT2D eigenvalue weighted by atomic mass is 32.2. The number of ether oxygens (including phenoxy) is 1. The molecule has 35 heavy (non-hydrogen) atoms. The van der Waals surface area contributed by atoms with E-state index in [9.17, 15) is 4.79 Å². The Hall–Kier alpha value is -2.60. The number of nitrogens with zero attached hydrogens (tertiary/aromatic N) is 6. The molecule has 0 spiro atoms. The molecule has 0 unspecified atom stereocenters. The summed E-state index contributed by atoms with van der Waals surface area (Å²) in [6.45, 7) is 6.97. The van der Waals surface area contributed by atoms with Crippen molar-refractivity contribution >= 4 is 40.7 Å². The average molecular weight is 502 g/mol. The molecule has 1 aromatic heterocycles. The van der Waals surface area contributed by atoms with Crippen LogP contribution in [0.1, 0.15) is 0 Å². The molecule has 2 fully saturated rings. The summed E-state index contributed by atoms with van der Waals surface area (Å²) < 4.78 is 5.44. The number of hydrogen-bond acceptors (Lipinski definition) is 10. The second kappa shape index (κ2) is 12.4. The number of carbonyl (C=O) groups excluding carboxylic acids is 1. The lowest BCUT2D eigenvalue weighted by atomic mass is 10.2. The summed E-state index contributed by atoms with van der Waals surface area (Å²) in [5.41, 5.74) is 2.17. The largest absolute Gasteiger partial charge is 0.395 e. The van der Waals surface area contributed by atoms with Gasteiger partial charge in [-0.05, 0) is 37.6 Å². The van der Waals surface area contributed by atoms with E-state index in [1.54, 1.807) is 0 Å². The van der Waals surface area contributed by atoms with Crippen molar-refractivity contribution in [2.24, 2.45) is 0 Å². The van der Waals surface area contributed by atoms with Crippen molar-refractivity contribution in [1.82, 2.24) is 19.8 Å². The van der Waals surface area contributed by atoms with Gasteiger partial charge < -0.3 is 29.9 Å². The van der Waals surface area contributed by atoms with E-state index < -0.39 is 0 Å². The molecule has 1 amide bonds. The Labute approximate surface area is 211 Å². The van der Waals surface area contributed by atoms with Crippen LogP contribution in [0.4, 0.5) is 23.0 Å². The van der Waals surface area contributed by atoms with Crippen LogP contribution in [-0.2, 0) is 9.53 Å². The van der Waals surface area contributed by atoms with Crippen LogP contribution in [-0.4, -0.2) is 116 Å². The molecule has 2 aliphatic heterocycles. The number of anilines is 4. The van der Waals surface area contributed by atoms with E-state index in [4.69, 9.17) is 14.8 Å². The number of piperazine rings is 1. The fourth-order valence-corrected chi connectivity index (χ4v) is 4.60. The summed E-state index contributed by atoms with van der Waals surface area (Å²) in [4.78, 5) is 30.2. The van der Waals surface area contributed by atoms with Crippen molar-refractivity contribution in [3.63, 3.8) is 0 Å². The number of thioether (sulfide) groups is 1. The average Bonchev–Trinajstić information content (AvgIpc) is 2.89. The Balaban J connectivity index is 1.38. The monoisotopic (exact) mass is 501 g/mol. The van der Waals surface area contributed by atoms with Gasteiger partial charge in [0.05, 0.1) is 26.4 Å². The highest BCUT2D eigenvalue weighted by molar-refractivity contribution is 7.98. The minimum Gasteiger partial charge on any atom is -0.395 e. The molecule has 1 aromatic carbocycles. The van der Waals surface area contributed by atoms with Gasteiger partial charge in [0.2, 0.25) is 5.91 Å². The molecule has 10 nitrogen and oxygen atoms in total. The topological polar surface area (TPSA) is 97.3 Å². The van der Waals surface area contributed by atoms with Crippen molar-refractivity contribution in [3.8, 4) is 0 Å². The first-order chi connectivity index (χ1) is 17.1. The number of benzene rings is 1. The normalized spacial score (nSPS) is 16.6. The van der Waals surface area contributed by atoms with Crippen LogP contribution in [0.15, 0.2) is 35.5 Å². The second-order valence-electron chi connectivity index (χ2n) is 8.70. The molecule has 4 rings (SSSR count). The molecule has 0 saturated carbocycles. The first-order valence-electron chi connectivity index (χ1n) is 12.0. The SMILES string of the molecule is CSc1nc(Nc2ccc(N3CCOCC3)cc2)cc(N2CCN(C(=O)CN(C)CCO)CC2)n1. The Bertz CT molecular complexity index is 964. The van der Waals surface area contributed by atoms with E-state index in [2.05, 4.69) is 44.4 Å². The van der Waals surface area contributed by atoms with Crippen molar-refractivity contribution in [3.05, 3.63) is 30.3 Å². The zero-order valence-electron chi connectivity index (χ0n) is 20.5. The number of carbonyl (C=O) groups is 1. The maximum atomic E-state index is 12.5. The molecule has 0 aliphatic carbocycles. The molecule has 0 bridgehead atoms. The van der Waals surface area contributed by atoms with E-state index in [0.717, 1.165) is 43.6 Å². The molecular weight excluding hydrogens is 466 g/mol. The molecule has 2 N–H and O–H groups in total. The quantitative estimate of drug-likeness (QED) is 0.387. The molecule has 2 aromatic rings. The van der Waals surface area contributed by atoms with Gasteiger partial charge in [-0.15, -0.1) is 0 Å². The second-order valence-corrected chi connectivity index (χ2v) is 9.47. The number of morpholine rings is 1. The Morgan fingerprint density at radius 1 is 1.09 bits per heavy atom. The van der Waals surface area contributed by atoms with Gasteiger partial charge in [-0.1, -0.05) is 11.8 Å². The smallest absolute Gasteiger partial charge is 0.236 e. The fourth-order valence-electron chi connectivity index (χ4n) is 4.22. The van der Waals surface area contributed by atoms with E-state index in [-0.39, 0.29) is 12.5 Å². The van der Waals surface area contributed by atoms with Crippen LogP contribution in [0.3, 0.4) is 0 Å². The number of aliphatic hydroxyl groups is 1. The zero-order chi connectivity index (χ0) is 24.6. The molecule has 190 valence electrons. The van der Waals surface area contributed by atoms with Gasteiger partial charge in [0.25, 0.3) is 0 Å². The third-order valence-electron chi connectivity index (χ3n) is 6.23. The maximum absolute atomic E-state index is 12.5. The van der Waals surface area contributed by atoms with Gasteiger partial charge in [0, 0.05) is 63.3 Å². The first-order valence-corrected chi connectivity index (χ1v) is 13.2. The lowest BCUT2D eigenvalue weighted by molar-refractivity contribution is -0.132. The number of likely N-dealkylation sites (N-methyl/N-ethyl adjacent to an activating group) is 1. The summed E-state index contributed by atoms with van der Waals surface area (Å²) in [5, 5.41) is 13.2. The van der Waals surface area contributed by atoms with Gasteiger partial charge in [-0.2, -0.15) is 0 Å². The summed E-state index contributed by atoms with van der Waals surface area (Å²) in [5.74, 6) is 1.71. The molecule has 0 radical (unpaired) electrons. The number of hydrogen-bond donors (Lipinski definition) is 2. The summed E-state index contributed by atoms with van der Waals surface area (Å²) in [7, 11) is 1.85. The predicted octanol–water partition coefficient (Wildman–Crippen LogP) is 1.35. The zero-order valence-corrected chi connectivity index (χ0v) is 21.3. The Morgan fingerprint density at radius 2 is 1.80 bits per heavy atom. The van der Waals surface area contributed by atoms with E-state index in [1.165, 1.54) is 17.4 Å². The van der Waals surface area contributed by atoms with Crippen LogP contribution >= 0.6 is 11.8 Å². The van der Waals surface area contributed by atoms with E-state index >= 15 is 0 Å². The van der Waals surface area contributed by atoms with Gasteiger partial charge in [0.15, 0.2) is 5.16 Å². The van der Waals surface area contributed by atoms with E-state index in [1.807, 2.05) is 29.2 Å². The van der Waals surface area contributed by atoms with Crippen molar-refractivity contribution in [2.75, 3.05) is 101 Å². The fraction of sp³-hybridized carbons (Fsp3) is 0.542. The van der Waals surface area contributed by atoms with Crippen LogP contribution in [0.2, 0.25) is 0 Å². The summed E-state index contributed by atoms with van der Waals surface area (Å²) in [6.07, 6.45) is 1.97. The molecule has 11 heteroatoms. The van der Waals surface area contributed by atoms with E-state index in [0.29, 0.717) is 44.4 Å². The number of aliphatic hydroxyl groups excluding tert-OH is 1. The standard InChI is InChI=1S/C24H35N7O3S/c1-28(11-14-32)18-23(33)31-9-7-30(8-10-31)22-17-21(26-24(27-22)35-2)25-19-3-5-20(6-4-19)29-12-15-34-16-13-29/h3-6,17,32H,7-16,18H2,1-2H3,(H,25,26,27). The maximum Gasteiger partial charge on any atom is 0.236 e. The molecular formula is C24H35N7O3S. The number of amides is 1.